The summed E-state index contributed by atoms with van der Waals surface area (Å²) in [5, 5.41) is 18.1. The molecule has 0 aromatic carbocycles. The van der Waals surface area contributed by atoms with Crippen LogP contribution < -0.4 is 0 Å². The van der Waals surface area contributed by atoms with E-state index in [1.54, 1.807) is 17.1 Å². The first-order valence-corrected chi connectivity index (χ1v) is 5.31. The number of hydrogen-bond acceptors (Lipinski definition) is 3. The number of rotatable bonds is 4. The van der Waals surface area contributed by atoms with Gasteiger partial charge in [-0.25, -0.2) is 0 Å². The van der Waals surface area contributed by atoms with Crippen LogP contribution in [0, 0.1) is 0 Å². The summed E-state index contributed by atoms with van der Waals surface area (Å²) in [5.41, 5.74) is 1.98. The van der Waals surface area contributed by atoms with Crippen LogP contribution in [0.15, 0.2) is 24.5 Å². The third kappa shape index (κ3) is 2.14. The number of aliphatic hydroxyl groups is 1. The minimum absolute atomic E-state index is 0.470. The van der Waals surface area contributed by atoms with Crippen LogP contribution >= 0.6 is 0 Å². The van der Waals surface area contributed by atoms with Gasteiger partial charge >= 0.3 is 0 Å². The maximum atomic E-state index is 9.99. The molecule has 0 radical (unpaired) electrons. The van der Waals surface area contributed by atoms with Gasteiger partial charge in [-0.05, 0) is 25.0 Å². The zero-order chi connectivity index (χ0) is 11.5. The molecule has 86 valence electrons. The third-order valence-corrected chi connectivity index (χ3v) is 2.80. The summed E-state index contributed by atoms with van der Waals surface area (Å²) in [6.45, 7) is 0. The van der Waals surface area contributed by atoms with E-state index in [0.717, 1.165) is 17.8 Å². The Morgan fingerprint density at radius 2 is 1.88 bits per heavy atom. The molecule has 0 amide bonds. The van der Waals surface area contributed by atoms with Gasteiger partial charge in [-0.3, -0.25) is 9.36 Å². The Bertz CT molecular complexity index is 460. The van der Waals surface area contributed by atoms with E-state index in [-0.39, 0.29) is 0 Å². The lowest BCUT2D eigenvalue weighted by Gasteiger charge is -2.10. The molecule has 16 heavy (non-hydrogen) atoms. The van der Waals surface area contributed by atoms with E-state index >= 15 is 0 Å². The molecule has 0 aliphatic rings. The Morgan fingerprint density at radius 1 is 1.19 bits per heavy atom. The van der Waals surface area contributed by atoms with Crippen LogP contribution in [0.2, 0.25) is 0 Å². The Labute approximate surface area is 94.3 Å². The highest BCUT2D eigenvalue weighted by Crippen LogP contribution is 2.17. The molecule has 1 N–H and O–H groups in total. The number of nitrogens with zero attached hydrogens (tertiary/aromatic N) is 4. The lowest BCUT2D eigenvalue weighted by molar-refractivity contribution is 0.157. The topological polar surface area (TPSA) is 55.9 Å². The quantitative estimate of drug-likeness (QED) is 0.830. The average molecular weight is 220 g/mol. The molecule has 1 unspecified atom stereocenters. The fourth-order valence-corrected chi connectivity index (χ4v) is 1.79. The Hall–Kier alpha value is -1.62. The molecule has 5 heteroatoms. The number of hydrogen-bond donors (Lipinski definition) is 1. The number of aliphatic hydroxyl groups excluding tert-OH is 1. The molecule has 2 rings (SSSR count). The maximum absolute atomic E-state index is 9.99. The van der Waals surface area contributed by atoms with Crippen molar-refractivity contribution in [1.82, 2.24) is 19.6 Å². The van der Waals surface area contributed by atoms with E-state index in [2.05, 4.69) is 10.2 Å². The first-order valence-electron chi connectivity index (χ1n) is 5.31. The van der Waals surface area contributed by atoms with Gasteiger partial charge in [0.2, 0.25) is 0 Å². The van der Waals surface area contributed by atoms with Crippen molar-refractivity contribution in [3.8, 4) is 0 Å². The summed E-state index contributed by atoms with van der Waals surface area (Å²) in [5.74, 6) is 0. The molecule has 0 bridgehead atoms. The molecule has 0 spiro atoms. The van der Waals surface area contributed by atoms with Gasteiger partial charge in [-0.2, -0.15) is 10.2 Å². The Morgan fingerprint density at radius 3 is 2.44 bits per heavy atom. The van der Waals surface area contributed by atoms with Crippen molar-refractivity contribution in [3.63, 3.8) is 0 Å². The highest BCUT2D eigenvalue weighted by atomic mass is 16.3. The van der Waals surface area contributed by atoms with Crippen LogP contribution in [0.25, 0.3) is 0 Å². The first-order chi connectivity index (χ1) is 7.68. The van der Waals surface area contributed by atoms with E-state index in [1.807, 2.05) is 30.9 Å². The van der Waals surface area contributed by atoms with E-state index in [0.29, 0.717) is 6.42 Å². The van der Waals surface area contributed by atoms with Gasteiger partial charge in [0, 0.05) is 32.2 Å². The van der Waals surface area contributed by atoms with Gasteiger partial charge in [0.25, 0.3) is 0 Å². The van der Waals surface area contributed by atoms with Crippen LogP contribution in [0.1, 0.15) is 23.9 Å². The normalized spacial score (nSPS) is 12.9. The minimum Gasteiger partial charge on any atom is -0.387 e. The summed E-state index contributed by atoms with van der Waals surface area (Å²) in [7, 11) is 3.74. The van der Waals surface area contributed by atoms with Crippen LogP contribution in [-0.2, 0) is 20.5 Å². The van der Waals surface area contributed by atoms with Crippen molar-refractivity contribution in [1.29, 1.82) is 0 Å². The number of aromatic nitrogens is 4. The second-order valence-corrected chi connectivity index (χ2v) is 3.88. The SMILES string of the molecule is Cn1nccc1CCC(O)c1ccnn1C. The Balaban J connectivity index is 1.97. The molecule has 0 saturated heterocycles. The van der Waals surface area contributed by atoms with Crippen LogP contribution in [0.3, 0.4) is 0 Å². The minimum atomic E-state index is -0.470. The molecule has 0 aliphatic heterocycles. The van der Waals surface area contributed by atoms with Crippen LogP contribution in [0.4, 0.5) is 0 Å². The predicted molar refractivity (Wildman–Crippen MR) is 59.7 cm³/mol. The molecular formula is C11H16N4O. The molecule has 1 atom stereocenters. The molecular weight excluding hydrogens is 204 g/mol. The van der Waals surface area contributed by atoms with Gasteiger partial charge in [-0.1, -0.05) is 0 Å². The molecule has 2 heterocycles. The lowest BCUT2D eigenvalue weighted by Crippen LogP contribution is -2.07. The van der Waals surface area contributed by atoms with Crippen molar-refractivity contribution in [3.05, 3.63) is 35.9 Å². The van der Waals surface area contributed by atoms with E-state index in [1.165, 1.54) is 0 Å². The lowest BCUT2D eigenvalue weighted by atomic mass is 10.1. The maximum Gasteiger partial charge on any atom is 0.0960 e. The second kappa shape index (κ2) is 4.49. The van der Waals surface area contributed by atoms with Crippen LogP contribution in [-0.4, -0.2) is 24.7 Å². The zero-order valence-electron chi connectivity index (χ0n) is 9.54. The molecule has 2 aromatic heterocycles. The summed E-state index contributed by atoms with van der Waals surface area (Å²) < 4.78 is 3.53. The molecule has 5 nitrogen and oxygen atoms in total. The van der Waals surface area contributed by atoms with Crippen molar-refractivity contribution in [2.75, 3.05) is 0 Å². The van der Waals surface area contributed by atoms with Gasteiger partial charge < -0.3 is 5.11 Å². The van der Waals surface area contributed by atoms with E-state index in [4.69, 9.17) is 0 Å². The predicted octanol–water partition coefficient (Wildman–Crippen LogP) is 0.820. The fraction of sp³-hybridized carbons (Fsp3) is 0.455. The largest absolute Gasteiger partial charge is 0.387 e. The molecule has 0 fully saturated rings. The standard InChI is InChI=1S/C11H16N4O/c1-14-9(5-7-12-14)3-4-11(16)10-6-8-13-15(10)2/h5-8,11,16H,3-4H2,1-2H3. The van der Waals surface area contributed by atoms with Crippen LogP contribution in [0.5, 0.6) is 0 Å². The van der Waals surface area contributed by atoms with Gasteiger partial charge in [0.15, 0.2) is 0 Å². The smallest absolute Gasteiger partial charge is 0.0960 e. The van der Waals surface area contributed by atoms with Gasteiger partial charge in [-0.15, -0.1) is 0 Å². The fourth-order valence-electron chi connectivity index (χ4n) is 1.79. The summed E-state index contributed by atoms with van der Waals surface area (Å²) in [4.78, 5) is 0. The van der Waals surface area contributed by atoms with Crippen molar-refractivity contribution < 1.29 is 5.11 Å². The number of aryl methyl sites for hydroxylation is 3. The van der Waals surface area contributed by atoms with Gasteiger partial charge in [0.1, 0.15) is 0 Å². The van der Waals surface area contributed by atoms with Gasteiger partial charge in [0.05, 0.1) is 11.8 Å². The summed E-state index contributed by atoms with van der Waals surface area (Å²) >= 11 is 0. The molecule has 0 saturated carbocycles. The highest BCUT2D eigenvalue weighted by molar-refractivity contribution is 5.06. The average Bonchev–Trinajstić information content (AvgIpc) is 2.84. The highest BCUT2D eigenvalue weighted by Gasteiger charge is 2.12. The van der Waals surface area contributed by atoms with Crippen molar-refractivity contribution in [2.45, 2.75) is 18.9 Å². The van der Waals surface area contributed by atoms with E-state index in [9.17, 15) is 5.11 Å². The second-order valence-electron chi connectivity index (χ2n) is 3.88. The first kappa shape index (κ1) is 10.9. The van der Waals surface area contributed by atoms with Crippen molar-refractivity contribution >= 4 is 0 Å². The molecule has 0 aliphatic carbocycles. The Kier molecular flexibility index (Phi) is 3.05. The summed E-state index contributed by atoms with van der Waals surface area (Å²) in [6, 6.07) is 3.81. The summed E-state index contributed by atoms with van der Waals surface area (Å²) in [6.07, 6.45) is 4.48. The van der Waals surface area contributed by atoms with Crippen molar-refractivity contribution in [2.24, 2.45) is 14.1 Å². The monoisotopic (exact) mass is 220 g/mol. The van der Waals surface area contributed by atoms with E-state index < -0.39 is 6.10 Å². The third-order valence-electron chi connectivity index (χ3n) is 2.80. The molecule has 2 aromatic rings. The zero-order valence-corrected chi connectivity index (χ0v) is 9.54.